The van der Waals surface area contributed by atoms with E-state index in [1.54, 1.807) is 67.8 Å². The summed E-state index contributed by atoms with van der Waals surface area (Å²) in [6, 6.07) is 16.9. The highest BCUT2D eigenvalue weighted by Crippen LogP contribution is 2.21. The number of ether oxygens (including phenoxy) is 1. The van der Waals surface area contributed by atoms with Crippen molar-refractivity contribution in [2.24, 2.45) is 0 Å². The van der Waals surface area contributed by atoms with Gasteiger partial charge in [-0.15, -0.1) is 0 Å². The van der Waals surface area contributed by atoms with Crippen LogP contribution in [0.15, 0.2) is 71.3 Å². The van der Waals surface area contributed by atoms with Crippen molar-refractivity contribution >= 4 is 23.2 Å². The highest BCUT2D eigenvalue weighted by Gasteiger charge is 2.15. The SMILES string of the molecule is COc1cccc(NC(=O)c2ccccc2NC(=O)c2ccco2)c1. The molecular weight excluding hydrogens is 320 g/mol. The molecule has 2 aromatic carbocycles. The molecule has 0 atom stereocenters. The Bertz CT molecular complexity index is 888. The molecular formula is C19H16N2O4. The molecule has 0 fully saturated rings. The van der Waals surface area contributed by atoms with Crippen LogP contribution in [0.1, 0.15) is 20.9 Å². The minimum absolute atomic E-state index is 0.169. The lowest BCUT2D eigenvalue weighted by Gasteiger charge is -2.11. The molecule has 0 bridgehead atoms. The van der Waals surface area contributed by atoms with Gasteiger partial charge >= 0.3 is 0 Å². The fourth-order valence-corrected chi connectivity index (χ4v) is 2.28. The highest BCUT2D eigenvalue weighted by atomic mass is 16.5. The van der Waals surface area contributed by atoms with Crippen LogP contribution in [0.3, 0.4) is 0 Å². The summed E-state index contributed by atoms with van der Waals surface area (Å²) in [6.45, 7) is 0. The Balaban J connectivity index is 1.79. The standard InChI is InChI=1S/C19H16N2O4/c1-24-14-7-4-6-13(12-14)20-18(22)15-8-2-3-9-16(15)21-19(23)17-10-5-11-25-17/h2-12H,1H3,(H,20,22)(H,21,23). The summed E-state index contributed by atoms with van der Waals surface area (Å²) in [6.07, 6.45) is 1.41. The van der Waals surface area contributed by atoms with Crippen molar-refractivity contribution in [1.82, 2.24) is 0 Å². The van der Waals surface area contributed by atoms with Gasteiger partial charge in [0.1, 0.15) is 5.75 Å². The maximum atomic E-state index is 12.6. The highest BCUT2D eigenvalue weighted by molar-refractivity contribution is 6.12. The maximum absolute atomic E-state index is 12.6. The molecule has 0 aliphatic heterocycles. The molecule has 126 valence electrons. The molecule has 0 aliphatic rings. The van der Waals surface area contributed by atoms with Gasteiger partial charge in [0.2, 0.25) is 0 Å². The topological polar surface area (TPSA) is 80.6 Å². The second kappa shape index (κ2) is 7.35. The number of furan rings is 1. The molecule has 1 aromatic heterocycles. The summed E-state index contributed by atoms with van der Waals surface area (Å²) in [5, 5.41) is 5.47. The molecule has 0 spiro atoms. The van der Waals surface area contributed by atoms with Crippen molar-refractivity contribution < 1.29 is 18.7 Å². The number of hydrogen-bond acceptors (Lipinski definition) is 4. The molecule has 0 saturated heterocycles. The minimum Gasteiger partial charge on any atom is -0.497 e. The van der Waals surface area contributed by atoms with E-state index in [0.717, 1.165) is 0 Å². The molecule has 0 aliphatic carbocycles. The third-order valence-corrected chi connectivity index (χ3v) is 3.49. The Kier molecular flexibility index (Phi) is 4.80. The molecule has 0 radical (unpaired) electrons. The van der Waals surface area contributed by atoms with Gasteiger partial charge in [0.25, 0.3) is 11.8 Å². The summed E-state index contributed by atoms with van der Waals surface area (Å²) in [5.41, 5.74) is 1.33. The number of methoxy groups -OCH3 is 1. The van der Waals surface area contributed by atoms with Crippen LogP contribution < -0.4 is 15.4 Å². The van der Waals surface area contributed by atoms with E-state index in [-0.39, 0.29) is 11.7 Å². The van der Waals surface area contributed by atoms with E-state index in [0.29, 0.717) is 22.7 Å². The number of carbonyl (C=O) groups excluding carboxylic acids is 2. The van der Waals surface area contributed by atoms with Crippen LogP contribution in [0, 0.1) is 0 Å². The van der Waals surface area contributed by atoms with Gasteiger partial charge in [-0.1, -0.05) is 18.2 Å². The molecule has 2 amide bonds. The van der Waals surface area contributed by atoms with E-state index in [1.807, 2.05) is 0 Å². The fraction of sp³-hybridized carbons (Fsp3) is 0.0526. The molecule has 1 heterocycles. The molecule has 0 saturated carbocycles. The summed E-state index contributed by atoms with van der Waals surface area (Å²) < 4.78 is 10.2. The number of para-hydroxylation sites is 1. The number of nitrogens with one attached hydrogen (secondary N) is 2. The number of rotatable bonds is 5. The number of hydrogen-bond donors (Lipinski definition) is 2. The van der Waals surface area contributed by atoms with Crippen molar-refractivity contribution in [3.63, 3.8) is 0 Å². The zero-order chi connectivity index (χ0) is 17.6. The van der Waals surface area contributed by atoms with Gasteiger partial charge in [0.15, 0.2) is 5.76 Å². The number of carbonyl (C=O) groups is 2. The Morgan fingerprint density at radius 3 is 2.52 bits per heavy atom. The van der Waals surface area contributed by atoms with Gasteiger partial charge in [0.05, 0.1) is 24.6 Å². The lowest BCUT2D eigenvalue weighted by Crippen LogP contribution is -2.18. The first-order valence-corrected chi connectivity index (χ1v) is 7.56. The van der Waals surface area contributed by atoms with Crippen molar-refractivity contribution in [3.05, 3.63) is 78.3 Å². The second-order valence-electron chi connectivity index (χ2n) is 5.16. The first-order chi connectivity index (χ1) is 12.2. The minimum atomic E-state index is -0.424. The van der Waals surface area contributed by atoms with Gasteiger partial charge in [-0.2, -0.15) is 0 Å². The monoisotopic (exact) mass is 336 g/mol. The van der Waals surface area contributed by atoms with E-state index in [1.165, 1.54) is 6.26 Å². The molecule has 0 unspecified atom stereocenters. The van der Waals surface area contributed by atoms with E-state index in [2.05, 4.69) is 10.6 Å². The zero-order valence-electron chi connectivity index (χ0n) is 13.5. The number of anilines is 2. The summed E-state index contributed by atoms with van der Waals surface area (Å²) >= 11 is 0. The predicted molar refractivity (Wildman–Crippen MR) is 94.1 cm³/mol. The van der Waals surface area contributed by atoms with Crippen molar-refractivity contribution in [2.75, 3.05) is 17.7 Å². The van der Waals surface area contributed by atoms with E-state index in [4.69, 9.17) is 9.15 Å². The van der Waals surface area contributed by atoms with Gasteiger partial charge in [-0.25, -0.2) is 0 Å². The van der Waals surface area contributed by atoms with Crippen LogP contribution in [-0.4, -0.2) is 18.9 Å². The van der Waals surface area contributed by atoms with Gasteiger partial charge < -0.3 is 19.8 Å². The number of benzene rings is 2. The Morgan fingerprint density at radius 2 is 1.76 bits per heavy atom. The Labute approximate surface area is 144 Å². The first-order valence-electron chi connectivity index (χ1n) is 7.56. The lowest BCUT2D eigenvalue weighted by molar-refractivity contribution is 0.0996. The fourth-order valence-electron chi connectivity index (χ4n) is 2.28. The van der Waals surface area contributed by atoms with Gasteiger partial charge in [-0.05, 0) is 36.4 Å². The quantitative estimate of drug-likeness (QED) is 0.743. The van der Waals surface area contributed by atoms with Crippen molar-refractivity contribution in [1.29, 1.82) is 0 Å². The average molecular weight is 336 g/mol. The van der Waals surface area contributed by atoms with Crippen LogP contribution in [0.5, 0.6) is 5.75 Å². The summed E-state index contributed by atoms with van der Waals surface area (Å²) in [4.78, 5) is 24.7. The van der Waals surface area contributed by atoms with Crippen LogP contribution in [0.4, 0.5) is 11.4 Å². The third kappa shape index (κ3) is 3.87. The van der Waals surface area contributed by atoms with Gasteiger partial charge in [-0.3, -0.25) is 9.59 Å². The van der Waals surface area contributed by atoms with E-state index in [9.17, 15) is 9.59 Å². The molecule has 3 rings (SSSR count). The van der Waals surface area contributed by atoms with E-state index >= 15 is 0 Å². The van der Waals surface area contributed by atoms with Crippen LogP contribution in [0.25, 0.3) is 0 Å². The predicted octanol–water partition coefficient (Wildman–Crippen LogP) is 3.79. The third-order valence-electron chi connectivity index (χ3n) is 3.49. The summed E-state index contributed by atoms with van der Waals surface area (Å²) in [5.74, 6) is 0.0374. The normalized spacial score (nSPS) is 10.1. The summed E-state index contributed by atoms with van der Waals surface area (Å²) in [7, 11) is 1.56. The van der Waals surface area contributed by atoms with Crippen LogP contribution in [0.2, 0.25) is 0 Å². The van der Waals surface area contributed by atoms with Crippen molar-refractivity contribution in [2.45, 2.75) is 0 Å². The maximum Gasteiger partial charge on any atom is 0.291 e. The molecule has 25 heavy (non-hydrogen) atoms. The first kappa shape index (κ1) is 16.3. The van der Waals surface area contributed by atoms with Crippen LogP contribution in [-0.2, 0) is 0 Å². The van der Waals surface area contributed by atoms with Crippen LogP contribution >= 0.6 is 0 Å². The Hall–Kier alpha value is -3.54. The molecule has 6 heteroatoms. The van der Waals surface area contributed by atoms with Crippen molar-refractivity contribution in [3.8, 4) is 5.75 Å². The lowest BCUT2D eigenvalue weighted by atomic mass is 10.1. The average Bonchev–Trinajstić information content (AvgIpc) is 3.17. The smallest absolute Gasteiger partial charge is 0.291 e. The Morgan fingerprint density at radius 1 is 0.920 bits per heavy atom. The molecule has 2 N–H and O–H groups in total. The van der Waals surface area contributed by atoms with E-state index < -0.39 is 5.91 Å². The largest absolute Gasteiger partial charge is 0.497 e. The molecule has 6 nitrogen and oxygen atoms in total. The second-order valence-corrected chi connectivity index (χ2v) is 5.16. The number of amides is 2. The zero-order valence-corrected chi connectivity index (χ0v) is 13.5. The molecule has 3 aromatic rings. The van der Waals surface area contributed by atoms with Gasteiger partial charge in [0, 0.05) is 11.8 Å².